The Labute approximate surface area is 316 Å². The van der Waals surface area contributed by atoms with E-state index in [4.69, 9.17) is 19.4 Å². The summed E-state index contributed by atoms with van der Waals surface area (Å²) >= 11 is 0. The van der Waals surface area contributed by atoms with Crippen molar-refractivity contribution in [3.05, 3.63) is 179 Å². The minimum Gasteiger partial charge on any atom is -0.422 e. The normalized spacial score (nSPS) is 13.1. The van der Waals surface area contributed by atoms with Crippen LogP contribution >= 0.6 is 0 Å². The van der Waals surface area contributed by atoms with Crippen LogP contribution in [0.2, 0.25) is 0 Å². The lowest BCUT2D eigenvalue weighted by Gasteiger charge is -2.21. The van der Waals surface area contributed by atoms with Crippen LogP contribution in [0, 0.1) is 0 Å². The lowest BCUT2D eigenvalue weighted by molar-refractivity contribution is 0.569. The molecule has 0 unspecified atom stereocenters. The molecule has 0 fully saturated rings. The van der Waals surface area contributed by atoms with Gasteiger partial charge in [-0.25, -0.2) is 9.78 Å². The van der Waals surface area contributed by atoms with E-state index in [1.807, 2.05) is 97.1 Å². The van der Waals surface area contributed by atoms with Crippen LogP contribution in [0.4, 0.5) is 0 Å². The number of para-hydroxylation sites is 1. The fraction of sp³-hybridized carbons (Fsp3) is 0.0612. The monoisotopic (exact) mass is 708 g/mol. The van der Waals surface area contributed by atoms with Gasteiger partial charge in [-0.3, -0.25) is 4.57 Å². The van der Waals surface area contributed by atoms with Gasteiger partial charge in [-0.15, -0.1) is 0 Å². The maximum Gasteiger partial charge on any atom is 0.344 e. The molecule has 260 valence electrons. The maximum absolute atomic E-state index is 13.3. The molecule has 0 spiro atoms. The molecule has 0 N–H and O–H groups in total. The van der Waals surface area contributed by atoms with Gasteiger partial charge in [-0.1, -0.05) is 135 Å². The number of hydrogen-bond acceptors (Lipinski definition) is 5. The van der Waals surface area contributed by atoms with Gasteiger partial charge in [0.25, 0.3) is 0 Å². The molecular formula is C49H32N4O2. The number of hydrogen-bond donors (Lipinski definition) is 0. The molecule has 1 aliphatic carbocycles. The van der Waals surface area contributed by atoms with Crippen LogP contribution in [-0.2, 0) is 5.41 Å². The number of rotatable bonds is 4. The predicted molar refractivity (Wildman–Crippen MR) is 222 cm³/mol. The van der Waals surface area contributed by atoms with Crippen molar-refractivity contribution >= 4 is 43.5 Å². The number of nitrogens with zero attached hydrogens (tertiary/aromatic N) is 4. The van der Waals surface area contributed by atoms with Crippen molar-refractivity contribution in [2.45, 2.75) is 19.3 Å². The molecule has 0 aliphatic heterocycles. The first-order valence-corrected chi connectivity index (χ1v) is 18.5. The van der Waals surface area contributed by atoms with Crippen molar-refractivity contribution in [3.8, 4) is 51.0 Å². The van der Waals surface area contributed by atoms with E-state index < -0.39 is 0 Å². The average molecular weight is 709 g/mol. The number of fused-ring (bicyclic) bond motifs is 9. The zero-order valence-corrected chi connectivity index (χ0v) is 30.1. The Morgan fingerprint density at radius 1 is 0.473 bits per heavy atom. The molecule has 0 amide bonds. The van der Waals surface area contributed by atoms with E-state index in [0.29, 0.717) is 28.6 Å². The summed E-state index contributed by atoms with van der Waals surface area (Å²) in [5.41, 5.74) is 10.9. The van der Waals surface area contributed by atoms with Gasteiger partial charge in [0.15, 0.2) is 11.6 Å². The zero-order valence-electron chi connectivity index (χ0n) is 30.1. The Hall–Kier alpha value is -7.18. The lowest BCUT2D eigenvalue weighted by Crippen LogP contribution is -2.15. The summed E-state index contributed by atoms with van der Waals surface area (Å²) in [4.78, 5) is 28.6. The molecule has 6 nitrogen and oxygen atoms in total. The average Bonchev–Trinajstić information content (AvgIpc) is 3.67. The van der Waals surface area contributed by atoms with Gasteiger partial charge in [0.2, 0.25) is 5.95 Å². The van der Waals surface area contributed by atoms with E-state index in [0.717, 1.165) is 54.8 Å². The van der Waals surface area contributed by atoms with Gasteiger partial charge in [0.1, 0.15) is 5.58 Å². The SMILES string of the molecule is CC1(C)c2ccccc2-c2cc3c4cc(-c5ccc6c(c5)c(=O)oc5ccccc56)ccc4n(-c4nc(-c5ccccc5)nc(-c5ccccc5)n4)c3cc21. The Kier molecular flexibility index (Phi) is 6.65. The molecule has 6 heteroatoms. The van der Waals surface area contributed by atoms with Crippen molar-refractivity contribution in [1.29, 1.82) is 0 Å². The second kappa shape index (κ2) is 11.7. The smallest absolute Gasteiger partial charge is 0.344 e. The van der Waals surface area contributed by atoms with Crippen LogP contribution in [0.25, 0.3) is 94.5 Å². The van der Waals surface area contributed by atoms with Crippen molar-refractivity contribution in [3.63, 3.8) is 0 Å². The van der Waals surface area contributed by atoms with Crippen molar-refractivity contribution < 1.29 is 4.42 Å². The summed E-state index contributed by atoms with van der Waals surface area (Å²) < 4.78 is 7.93. The van der Waals surface area contributed by atoms with Gasteiger partial charge in [0.05, 0.1) is 16.4 Å². The van der Waals surface area contributed by atoms with E-state index in [1.165, 1.54) is 22.3 Å². The maximum atomic E-state index is 13.3. The van der Waals surface area contributed by atoms with Gasteiger partial charge in [0, 0.05) is 32.7 Å². The summed E-state index contributed by atoms with van der Waals surface area (Å²) in [6.07, 6.45) is 0. The van der Waals surface area contributed by atoms with Gasteiger partial charge < -0.3 is 4.42 Å². The molecule has 0 radical (unpaired) electrons. The fourth-order valence-electron chi connectivity index (χ4n) is 8.57. The molecule has 11 rings (SSSR count). The Bertz CT molecular complexity index is 3200. The minimum atomic E-state index is -0.344. The zero-order chi connectivity index (χ0) is 36.8. The van der Waals surface area contributed by atoms with E-state index in [9.17, 15) is 4.79 Å². The second-order valence-corrected chi connectivity index (χ2v) is 14.8. The first kappa shape index (κ1) is 31.4. The topological polar surface area (TPSA) is 73.8 Å². The predicted octanol–water partition coefficient (Wildman–Crippen LogP) is 11.5. The van der Waals surface area contributed by atoms with Gasteiger partial charge in [-0.05, 0) is 75.2 Å². The largest absolute Gasteiger partial charge is 0.422 e. The van der Waals surface area contributed by atoms with Crippen LogP contribution in [-0.4, -0.2) is 19.5 Å². The van der Waals surface area contributed by atoms with Crippen LogP contribution in [0.15, 0.2) is 167 Å². The summed E-state index contributed by atoms with van der Waals surface area (Å²) in [5, 5.41) is 4.51. The Morgan fingerprint density at radius 2 is 1.09 bits per heavy atom. The summed E-state index contributed by atoms with van der Waals surface area (Å²) in [5.74, 6) is 1.75. The third-order valence-corrected chi connectivity index (χ3v) is 11.3. The second-order valence-electron chi connectivity index (χ2n) is 14.8. The van der Waals surface area contributed by atoms with Gasteiger partial charge >= 0.3 is 5.63 Å². The molecule has 0 bridgehead atoms. The quantitative estimate of drug-likeness (QED) is 0.134. The summed E-state index contributed by atoms with van der Waals surface area (Å²) in [6.45, 7) is 4.61. The van der Waals surface area contributed by atoms with Crippen LogP contribution < -0.4 is 5.63 Å². The highest BCUT2D eigenvalue weighted by atomic mass is 16.4. The third-order valence-electron chi connectivity index (χ3n) is 11.3. The first-order valence-electron chi connectivity index (χ1n) is 18.5. The van der Waals surface area contributed by atoms with Crippen LogP contribution in [0.5, 0.6) is 0 Å². The summed E-state index contributed by atoms with van der Waals surface area (Å²) in [7, 11) is 0. The standard InChI is InChI=1S/C49H32N4O2/c1-49(2)40-19-11-9-17-34(40)36-27-38-37-25-32(31-21-23-33-35-18-10-12-20-44(35)55-47(54)39(33)26-31)22-24-42(37)53(43(38)28-41(36)49)48-51-45(29-13-5-3-6-14-29)50-46(52-48)30-15-7-4-8-16-30/h3-28H,1-2H3. The molecule has 0 atom stereocenters. The van der Waals surface area contributed by atoms with Crippen molar-refractivity contribution in [2.75, 3.05) is 0 Å². The van der Waals surface area contributed by atoms with Crippen LogP contribution in [0.1, 0.15) is 25.0 Å². The van der Waals surface area contributed by atoms with Crippen molar-refractivity contribution in [2.24, 2.45) is 0 Å². The minimum absolute atomic E-state index is 0.202. The Morgan fingerprint density at radius 3 is 1.84 bits per heavy atom. The molecule has 55 heavy (non-hydrogen) atoms. The van der Waals surface area contributed by atoms with Crippen molar-refractivity contribution in [1.82, 2.24) is 19.5 Å². The number of benzene rings is 7. The summed E-state index contributed by atoms with van der Waals surface area (Å²) in [6, 6.07) is 53.8. The molecule has 0 saturated heterocycles. The highest BCUT2D eigenvalue weighted by Crippen LogP contribution is 2.51. The van der Waals surface area contributed by atoms with E-state index in [-0.39, 0.29) is 11.0 Å². The molecule has 7 aromatic carbocycles. The first-order chi connectivity index (χ1) is 26.9. The molecule has 10 aromatic rings. The molecule has 1 aliphatic rings. The van der Waals surface area contributed by atoms with Gasteiger partial charge in [-0.2, -0.15) is 9.97 Å². The number of aromatic nitrogens is 4. The van der Waals surface area contributed by atoms with Crippen LogP contribution in [0.3, 0.4) is 0 Å². The third kappa shape index (κ3) is 4.74. The highest BCUT2D eigenvalue weighted by molar-refractivity contribution is 6.13. The van der Waals surface area contributed by atoms with E-state index in [1.54, 1.807) is 0 Å². The highest BCUT2D eigenvalue weighted by Gasteiger charge is 2.36. The fourth-order valence-corrected chi connectivity index (χ4v) is 8.57. The molecule has 3 aromatic heterocycles. The molecular weight excluding hydrogens is 677 g/mol. The van der Waals surface area contributed by atoms with E-state index >= 15 is 0 Å². The molecule has 0 saturated carbocycles. The Balaban J connectivity index is 1.20. The molecule has 3 heterocycles. The lowest BCUT2D eigenvalue weighted by atomic mass is 9.82. The van der Waals surface area contributed by atoms with E-state index in [2.05, 4.69) is 79.1 Å².